The average Bonchev–Trinajstić information content (AvgIpc) is 2.73. The molecular weight excluding hydrogens is 348 g/mol. The van der Waals surface area contributed by atoms with Crippen LogP contribution in [0.5, 0.6) is 0 Å². The maximum atomic E-state index is 12.8. The Bertz CT molecular complexity index is 750. The number of hydrogen-bond donors (Lipinski definition) is 0. The molecule has 2 aliphatic heterocycles. The van der Waals surface area contributed by atoms with E-state index in [1.165, 1.54) is 7.11 Å². The van der Waals surface area contributed by atoms with E-state index in [0.29, 0.717) is 6.61 Å². The number of carbonyl (C=O) groups is 1. The third kappa shape index (κ3) is 3.95. The molecule has 2 fully saturated rings. The van der Waals surface area contributed by atoms with Gasteiger partial charge in [0.1, 0.15) is 18.3 Å². The molecule has 0 amide bonds. The second-order valence-electron chi connectivity index (χ2n) is 6.54. The van der Waals surface area contributed by atoms with E-state index in [1.54, 1.807) is 0 Å². The van der Waals surface area contributed by atoms with Gasteiger partial charge in [0, 0.05) is 12.7 Å². The summed E-state index contributed by atoms with van der Waals surface area (Å²) in [7, 11) is 1.50. The maximum Gasteiger partial charge on any atom is 0.221 e. The fraction of sp³-hybridized carbons (Fsp3) is 0.381. The monoisotopic (exact) mass is 370 g/mol. The first-order valence-corrected chi connectivity index (χ1v) is 8.96. The molecule has 0 spiro atoms. The van der Waals surface area contributed by atoms with E-state index < -0.39 is 30.9 Å². The van der Waals surface area contributed by atoms with Crippen LogP contribution in [0.4, 0.5) is 0 Å². The Kier molecular flexibility index (Phi) is 5.61. The predicted octanol–water partition coefficient (Wildman–Crippen LogP) is 2.63. The molecule has 2 heterocycles. The van der Waals surface area contributed by atoms with Crippen LogP contribution in [0.25, 0.3) is 0 Å². The van der Waals surface area contributed by atoms with Gasteiger partial charge in [-0.2, -0.15) is 0 Å². The molecule has 4 rings (SSSR count). The normalized spacial score (nSPS) is 30.7. The van der Waals surface area contributed by atoms with Crippen molar-refractivity contribution in [3.63, 3.8) is 0 Å². The highest BCUT2D eigenvalue weighted by Crippen LogP contribution is 2.34. The van der Waals surface area contributed by atoms with E-state index in [-0.39, 0.29) is 12.4 Å². The van der Waals surface area contributed by atoms with Gasteiger partial charge >= 0.3 is 0 Å². The van der Waals surface area contributed by atoms with Crippen molar-refractivity contribution in [2.75, 3.05) is 13.7 Å². The summed E-state index contributed by atoms with van der Waals surface area (Å²) in [5, 5.41) is 0. The summed E-state index contributed by atoms with van der Waals surface area (Å²) in [6.45, 7) is 0.571. The molecule has 2 aliphatic rings. The molecule has 27 heavy (non-hydrogen) atoms. The van der Waals surface area contributed by atoms with Crippen molar-refractivity contribution in [3.8, 4) is 0 Å². The molecule has 0 saturated carbocycles. The number of rotatable bonds is 5. The predicted molar refractivity (Wildman–Crippen MR) is 95.7 cm³/mol. The number of Topliss-reactive ketones (excluding diaryl/α,β-unsaturated/α-hetero) is 1. The van der Waals surface area contributed by atoms with Crippen molar-refractivity contribution in [2.45, 2.75) is 37.5 Å². The third-order valence-electron chi connectivity index (χ3n) is 4.74. The number of fused-ring (bicyclic) bond motifs is 1. The Balaban J connectivity index is 1.44. The Labute approximate surface area is 157 Å². The van der Waals surface area contributed by atoms with Gasteiger partial charge in [0.05, 0.1) is 13.2 Å². The van der Waals surface area contributed by atoms with Crippen molar-refractivity contribution >= 4 is 5.78 Å². The molecule has 2 unspecified atom stereocenters. The molecule has 6 nitrogen and oxygen atoms in total. The Morgan fingerprint density at radius 1 is 1.00 bits per heavy atom. The first-order chi connectivity index (χ1) is 13.3. The Morgan fingerprint density at radius 3 is 2.41 bits per heavy atom. The van der Waals surface area contributed by atoms with Gasteiger partial charge in [-0.15, -0.1) is 0 Å². The molecule has 142 valence electrons. The second-order valence-corrected chi connectivity index (χ2v) is 6.54. The lowest BCUT2D eigenvalue weighted by atomic mass is 9.99. The van der Waals surface area contributed by atoms with E-state index in [1.807, 2.05) is 60.7 Å². The van der Waals surface area contributed by atoms with Gasteiger partial charge in [-0.05, 0) is 5.56 Å². The van der Waals surface area contributed by atoms with Crippen LogP contribution >= 0.6 is 0 Å². The molecule has 0 aromatic heterocycles. The molecule has 0 bridgehead atoms. The topological polar surface area (TPSA) is 63.2 Å². The van der Waals surface area contributed by atoms with Crippen LogP contribution in [0.15, 0.2) is 60.7 Å². The van der Waals surface area contributed by atoms with Gasteiger partial charge in [-0.3, -0.25) is 4.79 Å². The lowest BCUT2D eigenvalue weighted by Gasteiger charge is -2.44. The number of ether oxygens (including phenoxy) is 5. The molecular formula is C21H22O6. The molecule has 0 aliphatic carbocycles. The highest BCUT2D eigenvalue weighted by Gasteiger charge is 2.50. The molecule has 6 heteroatoms. The summed E-state index contributed by atoms with van der Waals surface area (Å²) < 4.78 is 28.8. The number of carbonyl (C=O) groups excluding carboxylic acids is 1. The van der Waals surface area contributed by atoms with Gasteiger partial charge in [0.15, 0.2) is 6.29 Å². The third-order valence-corrected chi connectivity index (χ3v) is 4.74. The van der Waals surface area contributed by atoms with E-state index in [4.69, 9.17) is 23.7 Å². The summed E-state index contributed by atoms with van der Waals surface area (Å²) in [6, 6.07) is 19.2. The molecule has 0 radical (unpaired) electrons. The molecule has 5 atom stereocenters. The average molecular weight is 370 g/mol. The minimum absolute atomic E-state index is 0.275. The Hall–Kier alpha value is -2.09. The SMILES string of the molecule is CO[C@@H]1C(=O)[C@H](OCc2ccccc2)OC2COC(c3ccccc3)O[C@@H]21. The van der Waals surface area contributed by atoms with Crippen LogP contribution in [-0.4, -0.2) is 44.1 Å². The zero-order valence-electron chi connectivity index (χ0n) is 15.0. The summed E-state index contributed by atoms with van der Waals surface area (Å²) >= 11 is 0. The summed E-state index contributed by atoms with van der Waals surface area (Å²) in [6.07, 6.45) is -3.30. The first kappa shape index (κ1) is 18.3. The van der Waals surface area contributed by atoms with E-state index in [9.17, 15) is 4.79 Å². The summed E-state index contributed by atoms with van der Waals surface area (Å²) in [5.41, 5.74) is 1.85. The largest absolute Gasteiger partial charge is 0.371 e. The summed E-state index contributed by atoms with van der Waals surface area (Å²) in [4.78, 5) is 12.8. The lowest BCUT2D eigenvalue weighted by molar-refractivity contribution is -0.322. The quantitative estimate of drug-likeness (QED) is 0.806. The van der Waals surface area contributed by atoms with E-state index >= 15 is 0 Å². The van der Waals surface area contributed by atoms with Crippen molar-refractivity contribution in [1.82, 2.24) is 0 Å². The number of benzene rings is 2. The Morgan fingerprint density at radius 2 is 1.70 bits per heavy atom. The minimum atomic E-state index is -1.00. The zero-order valence-corrected chi connectivity index (χ0v) is 15.0. The molecule has 2 saturated heterocycles. The van der Waals surface area contributed by atoms with Crippen molar-refractivity contribution in [3.05, 3.63) is 71.8 Å². The lowest BCUT2D eigenvalue weighted by Crippen LogP contribution is -2.60. The number of methoxy groups -OCH3 is 1. The van der Waals surface area contributed by atoms with Crippen LogP contribution in [0.1, 0.15) is 17.4 Å². The van der Waals surface area contributed by atoms with Gasteiger partial charge in [-0.25, -0.2) is 0 Å². The van der Waals surface area contributed by atoms with E-state index in [0.717, 1.165) is 11.1 Å². The highest BCUT2D eigenvalue weighted by molar-refractivity contribution is 5.87. The molecule has 2 aromatic rings. The van der Waals surface area contributed by atoms with Crippen LogP contribution in [0.2, 0.25) is 0 Å². The van der Waals surface area contributed by atoms with Crippen LogP contribution in [0.3, 0.4) is 0 Å². The fourth-order valence-corrected chi connectivity index (χ4v) is 3.35. The van der Waals surface area contributed by atoms with Crippen LogP contribution in [0, 0.1) is 0 Å². The summed E-state index contributed by atoms with van der Waals surface area (Å²) in [5.74, 6) is -0.275. The zero-order chi connectivity index (χ0) is 18.6. The highest BCUT2D eigenvalue weighted by atomic mass is 16.8. The standard InChI is InChI=1S/C21H22O6/c1-23-19-17(22)21(24-12-14-8-4-2-5-9-14)26-16-13-25-20(27-18(16)19)15-10-6-3-7-11-15/h2-11,16,18-21H,12-13H2,1H3/t16?,18-,19+,20?,21+/m0/s1. The smallest absolute Gasteiger partial charge is 0.221 e. The first-order valence-electron chi connectivity index (χ1n) is 8.96. The van der Waals surface area contributed by atoms with Gasteiger partial charge in [-0.1, -0.05) is 60.7 Å². The van der Waals surface area contributed by atoms with Crippen LogP contribution in [-0.2, 0) is 35.1 Å². The van der Waals surface area contributed by atoms with Gasteiger partial charge < -0.3 is 23.7 Å². The number of hydrogen-bond acceptors (Lipinski definition) is 6. The van der Waals surface area contributed by atoms with E-state index in [2.05, 4.69) is 0 Å². The van der Waals surface area contributed by atoms with Crippen molar-refractivity contribution in [1.29, 1.82) is 0 Å². The molecule has 2 aromatic carbocycles. The fourth-order valence-electron chi connectivity index (χ4n) is 3.35. The maximum absolute atomic E-state index is 12.8. The number of ketones is 1. The van der Waals surface area contributed by atoms with Crippen molar-refractivity contribution < 1.29 is 28.5 Å². The van der Waals surface area contributed by atoms with Gasteiger partial charge in [0.25, 0.3) is 0 Å². The van der Waals surface area contributed by atoms with Gasteiger partial charge in [0.2, 0.25) is 12.1 Å². The second kappa shape index (κ2) is 8.29. The minimum Gasteiger partial charge on any atom is -0.371 e. The van der Waals surface area contributed by atoms with Crippen molar-refractivity contribution in [2.24, 2.45) is 0 Å². The molecule has 0 N–H and O–H groups in total. The van der Waals surface area contributed by atoms with Crippen LogP contribution < -0.4 is 0 Å².